The summed E-state index contributed by atoms with van der Waals surface area (Å²) in [4.78, 5) is 57.6. The van der Waals surface area contributed by atoms with Gasteiger partial charge in [-0.05, 0) is 38.0 Å². The van der Waals surface area contributed by atoms with Crippen molar-refractivity contribution < 1.29 is 32.8 Å². The number of halogens is 3. The standard InChI is InChI=1S/C19H20ClF2N3O4.C2H5NO/c1-9(26)15(6-10-4-5-23-16(10)27)25-17(28)12-7-11(20)2-3-14(12)24-18(29)13-8-19(13,21)22;1-3-2-4/h2-3,7,10,13,15H,4-6,8H2,1H3,(H,23,27)(H,24,29)(H,25,28);2H,1H3,(H,3,4). The van der Waals surface area contributed by atoms with E-state index in [0.29, 0.717) is 19.4 Å². The Balaban J connectivity index is 0.000000890. The van der Waals surface area contributed by atoms with Gasteiger partial charge in [0.15, 0.2) is 5.78 Å². The van der Waals surface area contributed by atoms with E-state index >= 15 is 0 Å². The summed E-state index contributed by atoms with van der Waals surface area (Å²) in [6, 6.07) is 3.11. The third kappa shape index (κ3) is 7.21. The molecule has 4 N–H and O–H groups in total. The summed E-state index contributed by atoms with van der Waals surface area (Å²) >= 11 is 5.94. The van der Waals surface area contributed by atoms with E-state index in [2.05, 4.69) is 21.3 Å². The number of amides is 4. The first-order valence-corrected chi connectivity index (χ1v) is 10.6. The normalized spacial score (nSPS) is 20.9. The van der Waals surface area contributed by atoms with Crippen molar-refractivity contribution in [3.05, 3.63) is 28.8 Å². The molecule has 4 amide bonds. The molecule has 33 heavy (non-hydrogen) atoms. The molecule has 0 bridgehead atoms. The number of carbonyl (C=O) groups is 5. The van der Waals surface area contributed by atoms with Gasteiger partial charge in [0.2, 0.25) is 18.2 Å². The van der Waals surface area contributed by atoms with Gasteiger partial charge in [-0.15, -0.1) is 0 Å². The average Bonchev–Trinajstić information content (AvgIpc) is 3.22. The number of ketones is 1. The summed E-state index contributed by atoms with van der Waals surface area (Å²) in [5.41, 5.74) is -0.0440. The van der Waals surface area contributed by atoms with Crippen LogP contribution in [0.3, 0.4) is 0 Å². The van der Waals surface area contributed by atoms with Gasteiger partial charge < -0.3 is 21.3 Å². The molecular weight excluding hydrogens is 462 g/mol. The summed E-state index contributed by atoms with van der Waals surface area (Å²) in [6.07, 6.45) is 0.792. The number of benzene rings is 1. The molecule has 1 aromatic carbocycles. The highest BCUT2D eigenvalue weighted by Crippen LogP contribution is 2.49. The molecule has 9 nitrogen and oxygen atoms in total. The molecule has 0 radical (unpaired) electrons. The maximum Gasteiger partial charge on any atom is 0.260 e. The number of alkyl halides is 2. The lowest BCUT2D eigenvalue weighted by atomic mass is 9.96. The Bertz CT molecular complexity index is 943. The van der Waals surface area contributed by atoms with Gasteiger partial charge in [0.25, 0.3) is 11.8 Å². The maximum atomic E-state index is 13.1. The fourth-order valence-electron chi connectivity index (χ4n) is 3.25. The molecule has 1 heterocycles. The van der Waals surface area contributed by atoms with Gasteiger partial charge in [0, 0.05) is 31.0 Å². The molecule has 1 saturated heterocycles. The summed E-state index contributed by atoms with van der Waals surface area (Å²) in [5.74, 6) is -6.96. The predicted octanol–water partition coefficient (Wildman–Crippen LogP) is 1.51. The minimum absolute atomic E-state index is 0.0144. The van der Waals surface area contributed by atoms with E-state index in [1.54, 1.807) is 7.05 Å². The lowest BCUT2D eigenvalue weighted by Crippen LogP contribution is -2.42. The van der Waals surface area contributed by atoms with Gasteiger partial charge in [-0.25, -0.2) is 8.78 Å². The highest BCUT2D eigenvalue weighted by Gasteiger charge is 2.61. The highest BCUT2D eigenvalue weighted by atomic mass is 35.5. The third-order valence-corrected chi connectivity index (χ3v) is 5.46. The summed E-state index contributed by atoms with van der Waals surface area (Å²) < 4.78 is 26.3. The highest BCUT2D eigenvalue weighted by molar-refractivity contribution is 6.31. The molecule has 1 aliphatic carbocycles. The number of hydrogen-bond donors (Lipinski definition) is 4. The van der Waals surface area contributed by atoms with E-state index in [4.69, 9.17) is 16.4 Å². The second-order valence-electron chi connectivity index (χ2n) is 7.75. The van der Waals surface area contributed by atoms with E-state index in [9.17, 15) is 28.0 Å². The second kappa shape index (κ2) is 11.2. The van der Waals surface area contributed by atoms with Crippen LogP contribution in [0.15, 0.2) is 18.2 Å². The van der Waals surface area contributed by atoms with E-state index in [1.807, 2.05) is 0 Å². The predicted molar refractivity (Wildman–Crippen MR) is 116 cm³/mol. The van der Waals surface area contributed by atoms with Crippen LogP contribution in [-0.2, 0) is 19.2 Å². The topological polar surface area (TPSA) is 133 Å². The number of anilines is 1. The fraction of sp³-hybridized carbons (Fsp3) is 0.476. The first kappa shape index (κ1) is 26.2. The smallest absolute Gasteiger partial charge is 0.260 e. The number of carbonyl (C=O) groups excluding carboxylic acids is 5. The van der Waals surface area contributed by atoms with Crippen molar-refractivity contribution in [2.24, 2.45) is 11.8 Å². The Morgan fingerprint density at radius 3 is 2.45 bits per heavy atom. The number of hydrogen-bond acceptors (Lipinski definition) is 5. The van der Waals surface area contributed by atoms with Gasteiger partial charge in [0.1, 0.15) is 5.92 Å². The molecule has 2 fully saturated rings. The molecule has 2 aliphatic rings. The van der Waals surface area contributed by atoms with E-state index < -0.39 is 36.1 Å². The first-order chi connectivity index (χ1) is 15.5. The van der Waals surface area contributed by atoms with Crippen LogP contribution in [0.25, 0.3) is 0 Å². The van der Waals surface area contributed by atoms with Crippen LogP contribution < -0.4 is 21.3 Å². The van der Waals surface area contributed by atoms with Gasteiger partial charge in [-0.1, -0.05) is 11.6 Å². The van der Waals surface area contributed by atoms with Crippen LogP contribution in [0, 0.1) is 11.8 Å². The van der Waals surface area contributed by atoms with Gasteiger partial charge in [-0.3, -0.25) is 24.0 Å². The summed E-state index contributed by atoms with van der Waals surface area (Å²) in [7, 11) is 1.56. The van der Waals surface area contributed by atoms with Crippen LogP contribution >= 0.6 is 11.6 Å². The van der Waals surface area contributed by atoms with Crippen molar-refractivity contribution in [2.45, 2.75) is 38.2 Å². The molecule has 0 spiro atoms. The van der Waals surface area contributed by atoms with Crippen molar-refractivity contribution >= 4 is 47.2 Å². The van der Waals surface area contributed by atoms with Crippen molar-refractivity contribution in [2.75, 3.05) is 18.9 Å². The molecule has 180 valence electrons. The maximum absolute atomic E-state index is 13.1. The minimum atomic E-state index is -3.04. The van der Waals surface area contributed by atoms with Crippen molar-refractivity contribution in [1.29, 1.82) is 0 Å². The lowest BCUT2D eigenvalue weighted by molar-refractivity contribution is -0.124. The Morgan fingerprint density at radius 1 is 1.33 bits per heavy atom. The molecule has 3 unspecified atom stereocenters. The Morgan fingerprint density at radius 2 is 1.97 bits per heavy atom. The Kier molecular flexibility index (Phi) is 8.86. The zero-order valence-corrected chi connectivity index (χ0v) is 18.8. The van der Waals surface area contributed by atoms with E-state index in [-0.39, 0.29) is 40.3 Å². The molecule has 1 aromatic rings. The van der Waals surface area contributed by atoms with E-state index in [0.717, 1.165) is 0 Å². The molecule has 1 aliphatic heterocycles. The van der Waals surface area contributed by atoms with Gasteiger partial charge in [0.05, 0.1) is 17.3 Å². The van der Waals surface area contributed by atoms with Crippen molar-refractivity contribution in [3.8, 4) is 0 Å². The molecule has 0 aromatic heterocycles. The van der Waals surface area contributed by atoms with Crippen LogP contribution in [0.5, 0.6) is 0 Å². The zero-order valence-electron chi connectivity index (χ0n) is 18.0. The first-order valence-electron chi connectivity index (χ1n) is 10.2. The summed E-state index contributed by atoms with van der Waals surface area (Å²) in [5, 5.41) is 10.0. The average molecular weight is 487 g/mol. The lowest BCUT2D eigenvalue weighted by Gasteiger charge is -2.19. The minimum Gasteiger partial charge on any atom is -0.362 e. The van der Waals surface area contributed by atoms with Gasteiger partial charge in [-0.2, -0.15) is 0 Å². The molecule has 1 saturated carbocycles. The quantitative estimate of drug-likeness (QED) is 0.413. The number of Topliss-reactive ketones (excluding diaryl/α,β-unsaturated/α-hetero) is 1. The van der Waals surface area contributed by atoms with Crippen LogP contribution in [0.4, 0.5) is 14.5 Å². The van der Waals surface area contributed by atoms with Crippen LogP contribution in [-0.4, -0.2) is 55.5 Å². The summed E-state index contributed by atoms with van der Waals surface area (Å²) in [6.45, 7) is 1.81. The van der Waals surface area contributed by atoms with Crippen molar-refractivity contribution in [1.82, 2.24) is 16.0 Å². The third-order valence-electron chi connectivity index (χ3n) is 5.22. The van der Waals surface area contributed by atoms with Crippen LogP contribution in [0.2, 0.25) is 5.02 Å². The SMILES string of the molecule is CC(=O)C(CC1CCNC1=O)NC(=O)c1cc(Cl)ccc1NC(=O)C1CC1(F)F.CNC=O. The van der Waals surface area contributed by atoms with Gasteiger partial charge >= 0.3 is 0 Å². The van der Waals surface area contributed by atoms with E-state index in [1.165, 1.54) is 25.1 Å². The fourth-order valence-corrected chi connectivity index (χ4v) is 3.42. The van der Waals surface area contributed by atoms with Crippen molar-refractivity contribution in [3.63, 3.8) is 0 Å². The zero-order chi connectivity index (χ0) is 24.8. The Labute approximate surface area is 194 Å². The van der Waals surface area contributed by atoms with Crippen LogP contribution in [0.1, 0.15) is 36.5 Å². The molecule has 12 heteroatoms. The molecule has 3 rings (SSSR count). The number of nitrogens with one attached hydrogen (secondary N) is 4. The second-order valence-corrected chi connectivity index (χ2v) is 8.19. The Hall–Kier alpha value is -3.08. The number of rotatable bonds is 8. The largest absolute Gasteiger partial charge is 0.362 e. The monoisotopic (exact) mass is 486 g/mol. The molecular formula is C21H25ClF2N4O5. The molecule has 3 atom stereocenters.